The fourth-order valence-corrected chi connectivity index (χ4v) is 2.42. The van der Waals surface area contributed by atoms with E-state index in [0.29, 0.717) is 18.3 Å². The molecule has 2 rings (SSSR count). The first-order valence-corrected chi connectivity index (χ1v) is 8.66. The van der Waals surface area contributed by atoms with Crippen molar-refractivity contribution in [3.05, 3.63) is 47.1 Å². The minimum Gasteiger partial charge on any atom is -0.343 e. The van der Waals surface area contributed by atoms with Crippen molar-refractivity contribution in [2.24, 2.45) is 0 Å². The van der Waals surface area contributed by atoms with E-state index in [9.17, 15) is 18.0 Å². The number of alkyl halides is 3. The summed E-state index contributed by atoms with van der Waals surface area (Å²) >= 11 is 0. The molecule has 1 aromatic carbocycles. The molecule has 148 valence electrons. The number of carbonyl (C=O) groups is 1. The second kappa shape index (κ2) is 8.98. The molecule has 9 heteroatoms. The van der Waals surface area contributed by atoms with Gasteiger partial charge in [0.15, 0.2) is 5.82 Å². The van der Waals surface area contributed by atoms with Gasteiger partial charge in [0.25, 0.3) is 5.91 Å². The first-order chi connectivity index (χ1) is 12.7. The van der Waals surface area contributed by atoms with Crippen molar-refractivity contribution in [2.75, 3.05) is 13.6 Å². The highest BCUT2D eigenvalue weighted by atomic mass is 19.4. The van der Waals surface area contributed by atoms with Crippen molar-refractivity contribution in [3.8, 4) is 0 Å². The maximum absolute atomic E-state index is 12.2. The van der Waals surface area contributed by atoms with Crippen molar-refractivity contribution in [3.63, 3.8) is 0 Å². The number of aryl methyl sites for hydroxylation is 1. The molecular weight excluding hydrogens is 361 g/mol. The Kier molecular flexibility index (Phi) is 6.95. The van der Waals surface area contributed by atoms with Gasteiger partial charge in [0.2, 0.25) is 5.89 Å². The lowest BCUT2D eigenvalue weighted by Gasteiger charge is -2.21. The fourth-order valence-electron chi connectivity index (χ4n) is 2.42. The first-order valence-electron chi connectivity index (χ1n) is 8.66. The van der Waals surface area contributed by atoms with Crippen LogP contribution in [0.15, 0.2) is 28.8 Å². The Labute approximate surface area is 155 Å². The minimum atomic E-state index is -4.43. The van der Waals surface area contributed by atoms with Crippen molar-refractivity contribution in [1.82, 2.24) is 20.4 Å². The molecule has 2 aromatic rings. The zero-order chi connectivity index (χ0) is 20.0. The lowest BCUT2D eigenvalue weighted by atomic mass is 10.1. The van der Waals surface area contributed by atoms with Crippen molar-refractivity contribution < 1.29 is 22.5 Å². The molecule has 0 unspecified atom stereocenters. The van der Waals surface area contributed by atoms with Crippen LogP contribution in [0.2, 0.25) is 0 Å². The molecule has 0 saturated carbocycles. The minimum absolute atomic E-state index is 0.0992. The van der Waals surface area contributed by atoms with Crippen LogP contribution in [-0.2, 0) is 13.0 Å². The molecule has 0 spiro atoms. The third kappa shape index (κ3) is 6.35. The maximum Gasteiger partial charge on any atom is 0.405 e. The second-order valence-corrected chi connectivity index (χ2v) is 6.38. The zero-order valence-electron chi connectivity index (χ0n) is 15.5. The summed E-state index contributed by atoms with van der Waals surface area (Å²) in [5, 5.41) is 5.79. The topological polar surface area (TPSA) is 71.3 Å². The van der Waals surface area contributed by atoms with E-state index in [-0.39, 0.29) is 11.6 Å². The average molecular weight is 384 g/mol. The van der Waals surface area contributed by atoms with Gasteiger partial charge >= 0.3 is 6.18 Å². The number of nitrogens with zero attached hydrogens (tertiary/aromatic N) is 3. The van der Waals surface area contributed by atoms with Gasteiger partial charge in [-0.15, -0.1) is 0 Å². The van der Waals surface area contributed by atoms with Crippen LogP contribution in [0.4, 0.5) is 13.2 Å². The monoisotopic (exact) mass is 384 g/mol. The van der Waals surface area contributed by atoms with Gasteiger partial charge in [0.1, 0.15) is 6.54 Å². The Morgan fingerprint density at radius 1 is 1.30 bits per heavy atom. The van der Waals surface area contributed by atoms with Crippen LogP contribution in [0.5, 0.6) is 0 Å². The highest BCUT2D eigenvalue weighted by Crippen LogP contribution is 2.20. The number of hydrogen-bond acceptors (Lipinski definition) is 5. The van der Waals surface area contributed by atoms with Gasteiger partial charge in [-0.2, -0.15) is 18.2 Å². The van der Waals surface area contributed by atoms with E-state index in [4.69, 9.17) is 4.52 Å². The van der Waals surface area contributed by atoms with Crippen LogP contribution in [0.3, 0.4) is 0 Å². The summed E-state index contributed by atoms with van der Waals surface area (Å²) in [6, 6.07) is 6.33. The van der Waals surface area contributed by atoms with Crippen LogP contribution < -0.4 is 5.32 Å². The Bertz CT molecular complexity index is 744. The van der Waals surface area contributed by atoms with Crippen molar-refractivity contribution >= 4 is 5.91 Å². The maximum atomic E-state index is 12.2. The fraction of sp³-hybridized carbons (Fsp3) is 0.500. The van der Waals surface area contributed by atoms with Crippen LogP contribution in [0.1, 0.15) is 53.9 Å². The number of amides is 1. The normalized spacial score (nSPS) is 13.0. The van der Waals surface area contributed by atoms with E-state index < -0.39 is 18.6 Å². The third-order valence-corrected chi connectivity index (χ3v) is 4.07. The molecule has 1 amide bonds. The summed E-state index contributed by atoms with van der Waals surface area (Å²) in [7, 11) is 1.90. The molecular formula is C18H23F3N4O2. The molecule has 1 aromatic heterocycles. The average Bonchev–Trinajstić information content (AvgIpc) is 3.08. The number of carbonyl (C=O) groups excluding carboxylic acids is 1. The number of rotatable bonds is 8. The van der Waals surface area contributed by atoms with Crippen LogP contribution in [0, 0.1) is 0 Å². The molecule has 0 aliphatic heterocycles. The van der Waals surface area contributed by atoms with Crippen LogP contribution in [-0.4, -0.2) is 40.7 Å². The Balaban J connectivity index is 1.93. The molecule has 27 heavy (non-hydrogen) atoms. The number of benzene rings is 1. The number of hydrogen-bond donors (Lipinski definition) is 1. The van der Waals surface area contributed by atoms with Gasteiger partial charge in [-0.1, -0.05) is 24.2 Å². The van der Waals surface area contributed by atoms with Gasteiger partial charge in [0.05, 0.1) is 6.04 Å². The lowest BCUT2D eigenvalue weighted by molar-refractivity contribution is -0.123. The van der Waals surface area contributed by atoms with Crippen LogP contribution in [0.25, 0.3) is 0 Å². The molecule has 6 nitrogen and oxygen atoms in total. The molecule has 1 atom stereocenters. The van der Waals surface area contributed by atoms with Gasteiger partial charge in [-0.05, 0) is 38.1 Å². The molecule has 0 saturated heterocycles. The number of aromatic nitrogens is 2. The van der Waals surface area contributed by atoms with E-state index in [2.05, 4.69) is 10.1 Å². The van der Waals surface area contributed by atoms with Crippen molar-refractivity contribution in [2.45, 2.75) is 45.5 Å². The number of nitrogens with one attached hydrogen (secondary N) is 1. The van der Waals surface area contributed by atoms with Crippen LogP contribution >= 0.6 is 0 Å². The van der Waals surface area contributed by atoms with Gasteiger partial charge in [-0.25, -0.2) is 0 Å². The summed E-state index contributed by atoms with van der Waals surface area (Å²) in [4.78, 5) is 18.1. The predicted octanol–water partition coefficient (Wildman–Crippen LogP) is 3.51. The lowest BCUT2D eigenvalue weighted by Crippen LogP contribution is -2.33. The standard InChI is InChI=1S/C18H23F3N4O2/c1-4-5-15-23-17(27-24-15)12(2)25(3)10-13-6-8-14(9-7-13)16(26)22-11-18(19,20)21/h6-9,12H,4-5,10-11H2,1-3H3,(H,22,26)/t12-/m0/s1. The smallest absolute Gasteiger partial charge is 0.343 e. The predicted molar refractivity (Wildman–Crippen MR) is 93.0 cm³/mol. The van der Waals surface area contributed by atoms with E-state index in [1.807, 2.05) is 31.1 Å². The molecule has 0 radical (unpaired) electrons. The third-order valence-electron chi connectivity index (χ3n) is 4.07. The van der Waals surface area contributed by atoms with E-state index >= 15 is 0 Å². The summed E-state index contributed by atoms with van der Waals surface area (Å²) in [6.45, 7) is 3.19. The SMILES string of the molecule is CCCc1noc([C@H](C)N(C)Cc2ccc(C(=O)NCC(F)(F)F)cc2)n1. The zero-order valence-corrected chi connectivity index (χ0v) is 15.5. The Hall–Kier alpha value is -2.42. The Morgan fingerprint density at radius 3 is 2.56 bits per heavy atom. The quantitative estimate of drug-likeness (QED) is 0.754. The van der Waals surface area contributed by atoms with Crippen molar-refractivity contribution in [1.29, 1.82) is 0 Å². The number of halogens is 3. The molecule has 1 N–H and O–H groups in total. The van der Waals surface area contributed by atoms with E-state index in [1.54, 1.807) is 12.1 Å². The highest BCUT2D eigenvalue weighted by Gasteiger charge is 2.27. The summed E-state index contributed by atoms with van der Waals surface area (Å²) in [5.41, 5.74) is 1.09. The molecule has 0 bridgehead atoms. The largest absolute Gasteiger partial charge is 0.405 e. The van der Waals surface area contributed by atoms with E-state index in [0.717, 1.165) is 18.4 Å². The summed E-state index contributed by atoms with van der Waals surface area (Å²) in [5.74, 6) is 0.459. The second-order valence-electron chi connectivity index (χ2n) is 6.38. The first kappa shape index (κ1) is 20.9. The highest BCUT2D eigenvalue weighted by molar-refractivity contribution is 5.94. The van der Waals surface area contributed by atoms with Gasteiger partial charge in [-0.3, -0.25) is 9.69 Å². The molecule has 0 fully saturated rings. The summed E-state index contributed by atoms with van der Waals surface area (Å²) in [6.07, 6.45) is -2.73. The molecule has 0 aliphatic carbocycles. The van der Waals surface area contributed by atoms with Gasteiger partial charge < -0.3 is 9.84 Å². The summed E-state index contributed by atoms with van der Waals surface area (Å²) < 4.78 is 41.8. The molecule has 0 aliphatic rings. The molecule has 1 heterocycles. The van der Waals surface area contributed by atoms with E-state index in [1.165, 1.54) is 12.1 Å². The Morgan fingerprint density at radius 2 is 1.96 bits per heavy atom. The van der Waals surface area contributed by atoms with Gasteiger partial charge in [0, 0.05) is 18.5 Å².